The van der Waals surface area contributed by atoms with E-state index in [1.165, 1.54) is 58.3 Å². The molecule has 17 heavy (non-hydrogen) atoms. The van der Waals surface area contributed by atoms with Gasteiger partial charge in [-0.3, -0.25) is 0 Å². The molecule has 1 N–H and O–H groups in total. The molecule has 0 saturated carbocycles. The van der Waals surface area contributed by atoms with Crippen LogP contribution in [0.4, 0.5) is 0 Å². The first-order valence-electron chi connectivity index (χ1n) is 7.57. The van der Waals surface area contributed by atoms with Gasteiger partial charge in [-0.15, -0.1) is 0 Å². The van der Waals surface area contributed by atoms with Crippen molar-refractivity contribution in [1.29, 1.82) is 0 Å². The van der Waals surface area contributed by atoms with Gasteiger partial charge in [-0.25, -0.2) is 0 Å². The second-order valence-electron chi connectivity index (χ2n) is 6.75. The lowest BCUT2D eigenvalue weighted by Gasteiger charge is -2.41. The smallest absolute Gasteiger partial charge is 0.0197 e. The maximum Gasteiger partial charge on any atom is 0.0197 e. The van der Waals surface area contributed by atoms with E-state index in [0.717, 1.165) is 12.0 Å². The number of hydrogen-bond acceptors (Lipinski definition) is 2. The highest BCUT2D eigenvalue weighted by Crippen LogP contribution is 2.34. The number of hydrogen-bond donors (Lipinski definition) is 1. The highest BCUT2D eigenvalue weighted by atomic mass is 15.2. The average Bonchev–Trinajstić information content (AvgIpc) is 2.33. The van der Waals surface area contributed by atoms with Gasteiger partial charge in [-0.2, -0.15) is 0 Å². The van der Waals surface area contributed by atoms with Crippen molar-refractivity contribution in [3.05, 3.63) is 0 Å². The van der Waals surface area contributed by atoms with Crippen LogP contribution in [0.3, 0.4) is 0 Å². The van der Waals surface area contributed by atoms with Gasteiger partial charge < -0.3 is 10.2 Å². The van der Waals surface area contributed by atoms with Gasteiger partial charge in [0.05, 0.1) is 0 Å². The lowest BCUT2D eigenvalue weighted by Crippen LogP contribution is -2.48. The Bertz CT molecular complexity index is 231. The Morgan fingerprint density at radius 1 is 1.29 bits per heavy atom. The van der Waals surface area contributed by atoms with Crippen molar-refractivity contribution >= 4 is 0 Å². The topological polar surface area (TPSA) is 15.3 Å². The van der Waals surface area contributed by atoms with Crippen LogP contribution in [0.2, 0.25) is 0 Å². The van der Waals surface area contributed by atoms with Gasteiger partial charge in [-0.1, -0.05) is 27.2 Å². The maximum atomic E-state index is 3.69. The molecule has 2 aliphatic heterocycles. The summed E-state index contributed by atoms with van der Waals surface area (Å²) in [5, 5.41) is 3.69. The lowest BCUT2D eigenvalue weighted by molar-refractivity contribution is 0.0994. The van der Waals surface area contributed by atoms with Crippen LogP contribution < -0.4 is 5.32 Å². The Morgan fingerprint density at radius 3 is 2.59 bits per heavy atom. The molecule has 2 heteroatoms. The number of rotatable bonds is 3. The van der Waals surface area contributed by atoms with Gasteiger partial charge in [0.1, 0.15) is 0 Å². The lowest BCUT2D eigenvalue weighted by atomic mass is 9.78. The second kappa shape index (κ2) is 5.71. The molecule has 0 bridgehead atoms. The first-order valence-corrected chi connectivity index (χ1v) is 7.57. The summed E-state index contributed by atoms with van der Waals surface area (Å²) in [5.41, 5.74) is 0.629. The van der Waals surface area contributed by atoms with Gasteiger partial charge in [0.2, 0.25) is 0 Å². The summed E-state index contributed by atoms with van der Waals surface area (Å²) in [6.07, 6.45) is 6.88. The molecule has 0 aromatic rings. The van der Waals surface area contributed by atoms with E-state index < -0.39 is 0 Å². The van der Waals surface area contributed by atoms with Gasteiger partial charge in [0, 0.05) is 12.6 Å². The third-order valence-electron chi connectivity index (χ3n) is 5.15. The Morgan fingerprint density at radius 2 is 2.00 bits per heavy atom. The standard InChI is InChI=1S/C15H30N2/c1-4-15(3)6-9-17(10-7-15)12-14-11-13(2)5-8-16-14/h13-14,16H,4-12H2,1-3H3. The number of likely N-dealkylation sites (tertiary alicyclic amines) is 1. The average molecular weight is 238 g/mol. The first-order chi connectivity index (χ1) is 8.11. The predicted molar refractivity (Wildman–Crippen MR) is 74.3 cm³/mol. The monoisotopic (exact) mass is 238 g/mol. The van der Waals surface area contributed by atoms with Crippen LogP contribution in [0.1, 0.15) is 52.9 Å². The quantitative estimate of drug-likeness (QED) is 0.813. The molecule has 2 heterocycles. The molecule has 0 radical (unpaired) electrons. The van der Waals surface area contributed by atoms with Crippen LogP contribution in [-0.2, 0) is 0 Å². The van der Waals surface area contributed by atoms with E-state index in [1.807, 2.05) is 0 Å². The van der Waals surface area contributed by atoms with Crippen molar-refractivity contribution in [2.75, 3.05) is 26.2 Å². The zero-order valence-electron chi connectivity index (χ0n) is 12.0. The van der Waals surface area contributed by atoms with Crippen LogP contribution in [0.25, 0.3) is 0 Å². The maximum absolute atomic E-state index is 3.69. The van der Waals surface area contributed by atoms with E-state index in [2.05, 4.69) is 31.0 Å². The molecule has 0 spiro atoms. The molecule has 0 aromatic carbocycles. The van der Waals surface area contributed by atoms with Crippen molar-refractivity contribution in [1.82, 2.24) is 10.2 Å². The first kappa shape index (κ1) is 13.4. The van der Waals surface area contributed by atoms with Crippen molar-refractivity contribution < 1.29 is 0 Å². The highest BCUT2D eigenvalue weighted by Gasteiger charge is 2.29. The third kappa shape index (κ3) is 3.69. The third-order valence-corrected chi connectivity index (χ3v) is 5.15. The summed E-state index contributed by atoms with van der Waals surface area (Å²) in [6, 6.07) is 0.754. The van der Waals surface area contributed by atoms with Gasteiger partial charge >= 0.3 is 0 Å². The summed E-state index contributed by atoms with van der Waals surface area (Å²) >= 11 is 0. The predicted octanol–water partition coefficient (Wildman–Crippen LogP) is 2.89. The summed E-state index contributed by atoms with van der Waals surface area (Å²) in [5.74, 6) is 0.923. The van der Waals surface area contributed by atoms with Crippen LogP contribution in [0, 0.1) is 11.3 Å². The Labute approximate surface area is 107 Å². The minimum absolute atomic E-state index is 0.629. The zero-order valence-corrected chi connectivity index (χ0v) is 12.0. The minimum atomic E-state index is 0.629. The number of piperidine rings is 2. The Hall–Kier alpha value is -0.0800. The fraction of sp³-hybridized carbons (Fsp3) is 1.00. The van der Waals surface area contributed by atoms with Gasteiger partial charge in [-0.05, 0) is 56.7 Å². The Kier molecular flexibility index (Phi) is 4.48. The molecule has 2 fully saturated rings. The zero-order chi connectivity index (χ0) is 12.3. The fourth-order valence-corrected chi connectivity index (χ4v) is 3.30. The second-order valence-corrected chi connectivity index (χ2v) is 6.75. The van der Waals surface area contributed by atoms with E-state index in [-0.39, 0.29) is 0 Å². The van der Waals surface area contributed by atoms with Crippen molar-refractivity contribution in [2.45, 2.75) is 58.9 Å². The molecule has 100 valence electrons. The molecule has 0 amide bonds. The molecule has 2 rings (SSSR count). The van der Waals surface area contributed by atoms with E-state index in [1.54, 1.807) is 0 Å². The SMILES string of the molecule is CCC1(C)CCN(CC2CC(C)CCN2)CC1. The van der Waals surface area contributed by atoms with E-state index in [9.17, 15) is 0 Å². The van der Waals surface area contributed by atoms with Crippen LogP contribution in [0.15, 0.2) is 0 Å². The van der Waals surface area contributed by atoms with Crippen molar-refractivity contribution in [3.8, 4) is 0 Å². The summed E-state index contributed by atoms with van der Waals surface area (Å²) in [4.78, 5) is 2.69. The molecular formula is C15H30N2. The fourth-order valence-electron chi connectivity index (χ4n) is 3.30. The van der Waals surface area contributed by atoms with Crippen LogP contribution in [-0.4, -0.2) is 37.1 Å². The molecule has 2 atom stereocenters. The molecule has 2 unspecified atom stereocenters. The number of nitrogens with one attached hydrogen (secondary N) is 1. The van der Waals surface area contributed by atoms with Crippen molar-refractivity contribution in [2.24, 2.45) is 11.3 Å². The molecular weight excluding hydrogens is 208 g/mol. The van der Waals surface area contributed by atoms with E-state index in [4.69, 9.17) is 0 Å². The molecule has 0 aliphatic carbocycles. The van der Waals surface area contributed by atoms with Crippen LogP contribution in [0.5, 0.6) is 0 Å². The highest BCUT2D eigenvalue weighted by molar-refractivity contribution is 4.85. The van der Waals surface area contributed by atoms with Gasteiger partial charge in [0.15, 0.2) is 0 Å². The summed E-state index contributed by atoms with van der Waals surface area (Å²) in [7, 11) is 0. The number of nitrogens with zero attached hydrogens (tertiary/aromatic N) is 1. The molecule has 2 saturated heterocycles. The molecule has 0 aromatic heterocycles. The van der Waals surface area contributed by atoms with E-state index >= 15 is 0 Å². The van der Waals surface area contributed by atoms with Gasteiger partial charge in [0.25, 0.3) is 0 Å². The van der Waals surface area contributed by atoms with E-state index in [0.29, 0.717) is 5.41 Å². The Balaban J connectivity index is 1.74. The van der Waals surface area contributed by atoms with Crippen LogP contribution >= 0.6 is 0 Å². The summed E-state index contributed by atoms with van der Waals surface area (Å²) in [6.45, 7) is 12.4. The largest absolute Gasteiger partial charge is 0.313 e. The molecule has 2 nitrogen and oxygen atoms in total. The molecule has 2 aliphatic rings. The minimum Gasteiger partial charge on any atom is -0.313 e. The normalized spacial score (nSPS) is 34.8. The van der Waals surface area contributed by atoms with Crippen molar-refractivity contribution in [3.63, 3.8) is 0 Å². The summed E-state index contributed by atoms with van der Waals surface area (Å²) < 4.78 is 0.